The van der Waals surface area contributed by atoms with Crippen LogP contribution in [0.15, 0.2) is 24.3 Å². The van der Waals surface area contributed by atoms with Gasteiger partial charge in [-0.1, -0.05) is 12.1 Å². The van der Waals surface area contributed by atoms with Gasteiger partial charge in [0, 0.05) is 45.3 Å². The summed E-state index contributed by atoms with van der Waals surface area (Å²) in [5.74, 6) is -0.734. The molecular weight excluding hydrogens is 472 g/mol. The number of benzene rings is 1. The summed E-state index contributed by atoms with van der Waals surface area (Å²) in [6.45, 7) is 0.843. The zero-order chi connectivity index (χ0) is 25.0. The van der Waals surface area contributed by atoms with E-state index in [1.807, 2.05) is 6.07 Å². The topological polar surface area (TPSA) is 149 Å². The molecule has 0 bridgehead atoms. The van der Waals surface area contributed by atoms with Crippen LogP contribution in [-0.2, 0) is 30.0 Å². The van der Waals surface area contributed by atoms with Crippen molar-refractivity contribution in [2.75, 3.05) is 26.2 Å². The van der Waals surface area contributed by atoms with Crippen molar-refractivity contribution in [3.63, 3.8) is 0 Å². The molecule has 1 aliphatic carbocycles. The van der Waals surface area contributed by atoms with E-state index in [9.17, 15) is 23.1 Å². The van der Waals surface area contributed by atoms with Gasteiger partial charge < -0.3 is 15.3 Å². The number of carbonyl (C=O) groups excluding carboxylic acids is 2. The summed E-state index contributed by atoms with van der Waals surface area (Å²) in [7, 11) is -2.01. The van der Waals surface area contributed by atoms with Crippen molar-refractivity contribution in [2.45, 2.75) is 36.7 Å². The molecule has 2 N–H and O–H groups in total. The highest BCUT2D eigenvalue weighted by atomic mass is 32.2. The van der Waals surface area contributed by atoms with Crippen LogP contribution < -0.4 is 5.32 Å². The standard InChI is InChI=1S/C23H26N6O5S/c1-27-20-18(19(26-27)21(31)25-11-16-4-2-15(10-24)3-5-16)6-9-28(22(20)32)14-23(7-8-23)35(33,34)29-12-17(30)13-29/h2-5,17,30H,6-9,11-14H2,1H3,(H,25,31). The van der Waals surface area contributed by atoms with Crippen LogP contribution in [0.3, 0.4) is 0 Å². The predicted molar refractivity (Wildman–Crippen MR) is 124 cm³/mol. The molecule has 35 heavy (non-hydrogen) atoms. The van der Waals surface area contributed by atoms with Gasteiger partial charge in [-0.05, 0) is 37.0 Å². The van der Waals surface area contributed by atoms with Crippen LogP contribution in [0.5, 0.6) is 0 Å². The summed E-state index contributed by atoms with van der Waals surface area (Å²) in [5.41, 5.74) is 2.41. The molecule has 1 aromatic carbocycles. The second kappa shape index (κ2) is 8.44. The number of nitrogens with zero attached hydrogens (tertiary/aromatic N) is 5. The minimum Gasteiger partial charge on any atom is -0.390 e. The van der Waals surface area contributed by atoms with E-state index in [0.29, 0.717) is 42.6 Å². The van der Waals surface area contributed by atoms with Gasteiger partial charge in [-0.3, -0.25) is 14.3 Å². The fourth-order valence-electron chi connectivity index (χ4n) is 4.74. The van der Waals surface area contributed by atoms with Gasteiger partial charge >= 0.3 is 0 Å². The number of aryl methyl sites for hydroxylation is 1. The number of aliphatic hydroxyl groups is 1. The lowest BCUT2D eigenvalue weighted by Gasteiger charge is -2.39. The van der Waals surface area contributed by atoms with Crippen molar-refractivity contribution in [3.05, 3.63) is 52.3 Å². The third-order valence-electron chi connectivity index (χ3n) is 7.02. The second-order valence-corrected chi connectivity index (χ2v) is 11.8. The van der Waals surface area contributed by atoms with Gasteiger partial charge in [-0.15, -0.1) is 0 Å². The van der Waals surface area contributed by atoms with Crippen molar-refractivity contribution in [3.8, 4) is 6.07 Å². The first-order chi connectivity index (χ1) is 16.6. The van der Waals surface area contributed by atoms with E-state index in [-0.39, 0.29) is 37.8 Å². The number of hydrogen-bond donors (Lipinski definition) is 2. The minimum absolute atomic E-state index is 0.0889. The van der Waals surface area contributed by atoms with Gasteiger partial charge in [0.05, 0.1) is 17.7 Å². The number of carbonyl (C=O) groups is 2. The normalized spacial score (nSPS) is 19.6. The fraction of sp³-hybridized carbons (Fsp3) is 0.478. The summed E-state index contributed by atoms with van der Waals surface area (Å²) in [6, 6.07) is 8.92. The molecule has 1 saturated heterocycles. The Morgan fingerprint density at radius 3 is 2.57 bits per heavy atom. The Bertz CT molecular complexity index is 1330. The molecule has 0 atom stereocenters. The summed E-state index contributed by atoms with van der Waals surface area (Å²) >= 11 is 0. The number of β-amino-alcohol motifs (C(OH)–C–C–N with tert-alkyl or cyclic N) is 1. The molecule has 2 aromatic rings. The highest BCUT2D eigenvalue weighted by molar-refractivity contribution is 7.90. The SMILES string of the molecule is Cn1nc(C(=O)NCc2ccc(C#N)cc2)c2c1C(=O)N(CC1(S(=O)(=O)N3CC(O)C3)CC1)CC2. The zero-order valence-electron chi connectivity index (χ0n) is 19.3. The summed E-state index contributed by atoms with van der Waals surface area (Å²) in [4.78, 5) is 27.7. The quantitative estimate of drug-likeness (QED) is 0.535. The number of fused-ring (bicyclic) bond motifs is 1. The van der Waals surface area contributed by atoms with Gasteiger partial charge in [-0.25, -0.2) is 8.42 Å². The number of amides is 2. The van der Waals surface area contributed by atoms with Crippen molar-refractivity contribution < 1.29 is 23.1 Å². The average molecular weight is 499 g/mol. The van der Waals surface area contributed by atoms with Crippen LogP contribution in [0, 0.1) is 11.3 Å². The molecule has 0 unspecified atom stereocenters. The van der Waals surface area contributed by atoms with Crippen molar-refractivity contribution in [1.29, 1.82) is 5.26 Å². The zero-order valence-corrected chi connectivity index (χ0v) is 20.1. The minimum atomic E-state index is -3.61. The first-order valence-corrected chi connectivity index (χ1v) is 12.9. The maximum Gasteiger partial charge on any atom is 0.272 e. The number of hydrogen-bond acceptors (Lipinski definition) is 7. The molecule has 2 aliphatic heterocycles. The molecule has 5 rings (SSSR count). The number of sulfonamides is 1. The lowest BCUT2D eigenvalue weighted by atomic mass is 10.0. The molecule has 0 spiro atoms. The molecule has 1 aromatic heterocycles. The van der Waals surface area contributed by atoms with E-state index in [2.05, 4.69) is 10.4 Å². The highest BCUT2D eigenvalue weighted by Gasteiger charge is 2.60. The van der Waals surface area contributed by atoms with E-state index in [1.165, 1.54) is 8.99 Å². The first kappa shape index (κ1) is 23.5. The van der Waals surface area contributed by atoms with Gasteiger partial charge in [0.1, 0.15) is 10.4 Å². The monoisotopic (exact) mass is 498 g/mol. The second-order valence-electron chi connectivity index (χ2n) is 9.43. The maximum absolute atomic E-state index is 13.3. The Kier molecular flexibility index (Phi) is 5.66. The molecular formula is C23H26N6O5S. The number of aliphatic hydroxyl groups excluding tert-OH is 1. The molecule has 11 nitrogen and oxygen atoms in total. The van der Waals surface area contributed by atoms with Crippen molar-refractivity contribution >= 4 is 21.8 Å². The van der Waals surface area contributed by atoms with Gasteiger partial charge in [0.15, 0.2) is 5.69 Å². The lowest BCUT2D eigenvalue weighted by Crippen LogP contribution is -2.58. The van der Waals surface area contributed by atoms with Crippen LogP contribution in [-0.4, -0.2) is 81.4 Å². The van der Waals surface area contributed by atoms with Gasteiger partial charge in [0.25, 0.3) is 11.8 Å². The molecule has 1 saturated carbocycles. The number of nitriles is 1. The number of aromatic nitrogens is 2. The molecule has 2 fully saturated rings. The highest BCUT2D eigenvalue weighted by Crippen LogP contribution is 2.47. The third-order valence-corrected chi connectivity index (χ3v) is 9.63. The van der Waals surface area contributed by atoms with Gasteiger partial charge in [-0.2, -0.15) is 14.7 Å². The van der Waals surface area contributed by atoms with Crippen LogP contribution in [0.1, 0.15) is 50.5 Å². The molecule has 2 amide bonds. The Morgan fingerprint density at radius 1 is 1.29 bits per heavy atom. The average Bonchev–Trinajstić information content (AvgIpc) is 3.54. The summed E-state index contributed by atoms with van der Waals surface area (Å²) in [6.07, 6.45) is 0.725. The maximum atomic E-state index is 13.3. The van der Waals surface area contributed by atoms with Crippen LogP contribution >= 0.6 is 0 Å². The first-order valence-electron chi connectivity index (χ1n) is 11.5. The van der Waals surface area contributed by atoms with E-state index in [4.69, 9.17) is 5.26 Å². The van der Waals surface area contributed by atoms with E-state index < -0.39 is 26.8 Å². The van der Waals surface area contributed by atoms with E-state index >= 15 is 0 Å². The summed E-state index contributed by atoms with van der Waals surface area (Å²) < 4.78 is 27.8. The molecule has 0 radical (unpaired) electrons. The Hall–Kier alpha value is -3.27. The van der Waals surface area contributed by atoms with Crippen LogP contribution in [0.25, 0.3) is 0 Å². The fourth-order valence-corrected chi connectivity index (χ4v) is 6.96. The molecule has 12 heteroatoms. The van der Waals surface area contributed by atoms with E-state index in [1.54, 1.807) is 36.2 Å². The summed E-state index contributed by atoms with van der Waals surface area (Å²) in [5, 5.41) is 25.5. The number of rotatable bonds is 7. The molecule has 3 aliphatic rings. The van der Waals surface area contributed by atoms with E-state index in [0.717, 1.165) is 5.56 Å². The molecule has 3 heterocycles. The van der Waals surface area contributed by atoms with Crippen LogP contribution in [0.4, 0.5) is 0 Å². The largest absolute Gasteiger partial charge is 0.390 e. The third kappa shape index (κ3) is 3.99. The Labute approximate surface area is 203 Å². The lowest BCUT2D eigenvalue weighted by molar-refractivity contribution is 0.0529. The van der Waals surface area contributed by atoms with Crippen LogP contribution in [0.2, 0.25) is 0 Å². The van der Waals surface area contributed by atoms with Gasteiger partial charge in [0.2, 0.25) is 10.0 Å². The Morgan fingerprint density at radius 2 is 1.97 bits per heavy atom. The van der Waals surface area contributed by atoms with Crippen molar-refractivity contribution in [1.82, 2.24) is 24.3 Å². The Balaban J connectivity index is 1.29. The smallest absolute Gasteiger partial charge is 0.272 e. The predicted octanol–water partition coefficient (Wildman–Crippen LogP) is -0.241. The van der Waals surface area contributed by atoms with Crippen molar-refractivity contribution in [2.24, 2.45) is 7.05 Å². The molecule has 184 valence electrons. The number of nitrogens with one attached hydrogen (secondary N) is 1.